The molecule has 6 rings (SSSR count). The molecule has 396 valence electrons. The van der Waals surface area contributed by atoms with Gasteiger partial charge in [-0.1, -0.05) is 0 Å². The predicted octanol–water partition coefficient (Wildman–Crippen LogP) is 21.1. The van der Waals surface area contributed by atoms with Gasteiger partial charge in [0.15, 0.2) is 0 Å². The summed E-state index contributed by atoms with van der Waals surface area (Å²) in [4.78, 5) is 0. The van der Waals surface area contributed by atoms with Crippen molar-refractivity contribution in [3.8, 4) is 44.5 Å². The van der Waals surface area contributed by atoms with Gasteiger partial charge in [0.25, 0.3) is 0 Å². The molecule has 0 spiro atoms. The second-order valence-electron chi connectivity index (χ2n) is 25.8. The quantitative estimate of drug-likeness (QED) is 0.0753. The van der Waals surface area contributed by atoms with Gasteiger partial charge in [0.1, 0.15) is 0 Å². The normalized spacial score (nSPS) is 12.6. The molecular weight excluding hydrogens is 1280 g/mol. The summed E-state index contributed by atoms with van der Waals surface area (Å²) in [5.41, 5.74) is 30.4. The van der Waals surface area contributed by atoms with Crippen LogP contribution < -0.4 is 6.54 Å². The average Bonchev–Trinajstić information content (AvgIpc) is 3.33. The van der Waals surface area contributed by atoms with Crippen LogP contribution in [0.5, 0.6) is 0 Å². The van der Waals surface area contributed by atoms with Crippen molar-refractivity contribution in [1.29, 1.82) is 0 Å². The Morgan fingerprint density at radius 1 is 0.216 bits per heavy atom. The van der Waals surface area contributed by atoms with E-state index >= 15 is 0 Å². The van der Waals surface area contributed by atoms with E-state index < -0.39 is 35.6 Å². The van der Waals surface area contributed by atoms with Gasteiger partial charge >= 0.3 is 475 Å². The van der Waals surface area contributed by atoms with Gasteiger partial charge in [-0.25, -0.2) is 0 Å². The fourth-order valence-electron chi connectivity index (χ4n) is 11.3. The second kappa shape index (κ2) is 25.3. The van der Waals surface area contributed by atoms with Crippen molar-refractivity contribution in [3.63, 3.8) is 0 Å². The van der Waals surface area contributed by atoms with Crippen molar-refractivity contribution in [2.45, 2.75) is 237 Å². The van der Waals surface area contributed by atoms with Gasteiger partial charge < -0.3 is 0 Å². The van der Waals surface area contributed by atoms with E-state index in [4.69, 9.17) is 0 Å². The molecule has 6 aromatic rings. The molecule has 0 nitrogen and oxygen atoms in total. The number of hydrogen-bond acceptors (Lipinski definition) is 0. The van der Waals surface area contributed by atoms with E-state index in [0.29, 0.717) is 71.0 Å². The Morgan fingerprint density at radius 3 is 0.486 bits per heavy atom. The monoisotopic (exact) mass is 1380 g/mol. The first kappa shape index (κ1) is 60.3. The third kappa shape index (κ3) is 12.8. The average molecular weight is 1380 g/mol. The molecule has 0 saturated carbocycles. The van der Waals surface area contributed by atoms with Crippen molar-refractivity contribution in [2.24, 2.45) is 0 Å². The topological polar surface area (TPSA) is 0 Å². The van der Waals surface area contributed by atoms with E-state index in [1.54, 1.807) is 28.8 Å². The molecular formula is C72H98Bi2. The number of rotatable bonds is 18. The minimum atomic E-state index is -1.51. The van der Waals surface area contributed by atoms with E-state index in [-0.39, 0.29) is 0 Å². The van der Waals surface area contributed by atoms with E-state index in [9.17, 15) is 0 Å². The van der Waals surface area contributed by atoms with Crippen LogP contribution in [-0.4, -0.2) is 35.6 Å². The zero-order valence-corrected chi connectivity index (χ0v) is 57.9. The Labute approximate surface area is 471 Å². The molecule has 6 aromatic carbocycles. The Bertz CT molecular complexity index is 2450. The molecule has 0 saturated heterocycles. The molecule has 0 amide bonds. The summed E-state index contributed by atoms with van der Waals surface area (Å²) in [7, 11) is 0. The van der Waals surface area contributed by atoms with E-state index in [0.717, 1.165) is 0 Å². The molecule has 0 unspecified atom stereocenters. The summed E-state index contributed by atoms with van der Waals surface area (Å²) < 4.78 is 3.50. The van der Waals surface area contributed by atoms with E-state index in [1.165, 1.54) is 89.0 Å². The van der Waals surface area contributed by atoms with Gasteiger partial charge in [-0.05, 0) is 0 Å². The summed E-state index contributed by atoms with van der Waals surface area (Å²) in [6, 6.07) is 36.1. The molecule has 0 aliphatic heterocycles. The maximum absolute atomic E-state index is 2.60. The van der Waals surface area contributed by atoms with Crippen LogP contribution in [0.25, 0.3) is 44.5 Å². The Hall–Kier alpha value is -2.91. The molecule has 74 heavy (non-hydrogen) atoms. The van der Waals surface area contributed by atoms with Gasteiger partial charge in [-0.3, -0.25) is 0 Å². The van der Waals surface area contributed by atoms with Gasteiger partial charge in [0, 0.05) is 0 Å². The number of hydrogen-bond donors (Lipinski definition) is 0. The van der Waals surface area contributed by atoms with Gasteiger partial charge in [-0.2, -0.15) is 0 Å². The van der Waals surface area contributed by atoms with Gasteiger partial charge in [0.05, 0.1) is 0 Å². The molecule has 0 N–H and O–H groups in total. The Kier molecular flexibility index (Phi) is 20.6. The molecule has 0 heterocycles. The second-order valence-corrected chi connectivity index (χ2v) is 44.4. The molecule has 0 radical (unpaired) electrons. The third-order valence-electron chi connectivity index (χ3n) is 15.9. The standard InChI is InChI=1S/2C36H49.2Bi/c2*1-21(2)29-17-31(23(5)6)35(32(18-29)24(7)8)27-14-13-15-28(16-27)36-33(25(9)10)19-30(22(3)4)20-34(36)26(11)12;;/h2*13-15,17-26H,1-12H3;;. The molecule has 0 fully saturated rings. The minimum absolute atomic E-state index is 0.399. The van der Waals surface area contributed by atoms with Crippen LogP contribution in [0.1, 0.15) is 304 Å². The van der Waals surface area contributed by atoms with Crippen molar-refractivity contribution in [3.05, 3.63) is 152 Å². The fourth-order valence-corrected chi connectivity index (χ4v) is 38.1. The number of benzene rings is 6. The zero-order valence-electron chi connectivity index (χ0n) is 50.9. The maximum atomic E-state index is 2.60. The van der Waals surface area contributed by atoms with Crippen LogP contribution >= 0.6 is 0 Å². The first-order valence-electron chi connectivity index (χ1n) is 29.1. The van der Waals surface area contributed by atoms with Crippen LogP contribution in [0.2, 0.25) is 0 Å². The summed E-state index contributed by atoms with van der Waals surface area (Å²) >= 11 is -3.02. The Morgan fingerprint density at radius 2 is 0.365 bits per heavy atom. The van der Waals surface area contributed by atoms with Gasteiger partial charge in [0.2, 0.25) is 0 Å². The first-order chi connectivity index (χ1) is 34.7. The van der Waals surface area contributed by atoms with Crippen molar-refractivity contribution in [2.75, 3.05) is 0 Å². The third-order valence-corrected chi connectivity index (χ3v) is 38.7. The van der Waals surface area contributed by atoms with Crippen LogP contribution in [0.4, 0.5) is 0 Å². The zero-order chi connectivity index (χ0) is 54.9. The molecule has 0 bridgehead atoms. The Balaban J connectivity index is 1.94. The summed E-state index contributed by atoms with van der Waals surface area (Å²) in [6.07, 6.45) is 0. The molecule has 2 heteroatoms. The van der Waals surface area contributed by atoms with Crippen LogP contribution in [-0.2, 0) is 0 Å². The predicted molar refractivity (Wildman–Crippen MR) is 334 cm³/mol. The van der Waals surface area contributed by atoms with Crippen LogP contribution in [0.15, 0.2) is 84.9 Å². The SMILES string of the molecule is CC(C)c1cc(C(C)C)c(-c2cccc(-c3c(C(C)C)cc(C(C)C)cc3C(C)C)[c]2[Bi]=[Bi][c]2c(-c3c(C(C)C)cc(C(C)C)cc3C(C)C)cccc2-c2c(C(C)C)cc(C(C)C)cc2C(C)C)c(C(C)C)c1. The fraction of sp³-hybridized carbons (Fsp3) is 0.500. The van der Waals surface area contributed by atoms with Crippen molar-refractivity contribution >= 4 is 42.1 Å². The van der Waals surface area contributed by atoms with E-state index in [1.807, 2.05) is 0 Å². The summed E-state index contributed by atoms with van der Waals surface area (Å²) in [6.45, 7) is 58.2. The van der Waals surface area contributed by atoms with Gasteiger partial charge in [-0.15, -0.1) is 0 Å². The first-order valence-corrected chi connectivity index (χ1v) is 47.8. The summed E-state index contributed by atoms with van der Waals surface area (Å²) in [5.74, 6) is 5.06. The molecule has 0 aromatic heterocycles. The van der Waals surface area contributed by atoms with Crippen LogP contribution in [0, 0.1) is 0 Å². The molecule has 0 aliphatic rings. The van der Waals surface area contributed by atoms with E-state index in [2.05, 4.69) is 251 Å². The van der Waals surface area contributed by atoms with Crippen molar-refractivity contribution in [1.82, 2.24) is 0 Å². The van der Waals surface area contributed by atoms with Crippen molar-refractivity contribution < 1.29 is 0 Å². The molecule has 0 aliphatic carbocycles. The van der Waals surface area contributed by atoms with Crippen LogP contribution in [0.3, 0.4) is 0 Å². The summed E-state index contributed by atoms with van der Waals surface area (Å²) in [5, 5.41) is 0. The molecule has 0 atom stereocenters.